The number of nitrogens with one attached hydrogen (secondary N) is 1. The van der Waals surface area contributed by atoms with Gasteiger partial charge in [-0.15, -0.1) is 0 Å². The van der Waals surface area contributed by atoms with E-state index >= 15 is 0 Å². The third-order valence-corrected chi connectivity index (χ3v) is 3.51. The average Bonchev–Trinajstić information content (AvgIpc) is 3.05. The molecule has 0 spiro atoms. The molecule has 0 aromatic heterocycles. The van der Waals surface area contributed by atoms with E-state index in [4.69, 9.17) is 9.47 Å². The van der Waals surface area contributed by atoms with Crippen LogP contribution in [0.25, 0.3) is 6.08 Å². The summed E-state index contributed by atoms with van der Waals surface area (Å²) in [5, 5.41) is 13.8. The molecule has 128 valence electrons. The zero-order valence-electron chi connectivity index (χ0n) is 12.9. The smallest absolute Gasteiger partial charge is 0.280 e. The summed E-state index contributed by atoms with van der Waals surface area (Å²) in [4.78, 5) is 22.5. The lowest BCUT2D eigenvalue weighted by atomic mass is 10.1. The number of hydrogen-bond acceptors (Lipinski definition) is 5. The van der Waals surface area contributed by atoms with Crippen molar-refractivity contribution in [3.63, 3.8) is 0 Å². The van der Waals surface area contributed by atoms with E-state index in [1.54, 1.807) is 12.1 Å². The molecule has 1 aliphatic heterocycles. The van der Waals surface area contributed by atoms with Crippen molar-refractivity contribution >= 4 is 17.7 Å². The normalized spacial score (nSPS) is 12.4. The minimum Gasteiger partial charge on any atom is -0.454 e. The number of hydrogen-bond donors (Lipinski definition) is 1. The second kappa shape index (κ2) is 7.00. The maximum atomic E-state index is 12.8. The van der Waals surface area contributed by atoms with E-state index in [-0.39, 0.29) is 30.4 Å². The van der Waals surface area contributed by atoms with Crippen LogP contribution in [0.4, 0.5) is 10.1 Å². The summed E-state index contributed by atoms with van der Waals surface area (Å²) in [6.45, 7) is 0.213. The van der Waals surface area contributed by atoms with Crippen LogP contribution in [-0.2, 0) is 11.3 Å². The van der Waals surface area contributed by atoms with E-state index in [0.29, 0.717) is 11.5 Å². The SMILES string of the molecule is O=C(C=Cc1cc2c(cc1[N+](=O)[O-])OCO2)NCc1ccc(F)cc1. The van der Waals surface area contributed by atoms with Crippen LogP contribution in [-0.4, -0.2) is 17.6 Å². The van der Waals surface area contributed by atoms with E-state index in [1.807, 2.05) is 0 Å². The highest BCUT2D eigenvalue weighted by molar-refractivity contribution is 5.92. The number of carbonyl (C=O) groups excluding carboxylic acids is 1. The van der Waals surface area contributed by atoms with Crippen molar-refractivity contribution in [1.29, 1.82) is 0 Å². The lowest BCUT2D eigenvalue weighted by Gasteiger charge is -2.03. The molecule has 1 aliphatic rings. The Bertz CT molecular complexity index is 849. The Morgan fingerprint density at radius 1 is 1.24 bits per heavy atom. The summed E-state index contributed by atoms with van der Waals surface area (Å²) in [6.07, 6.45) is 2.52. The zero-order chi connectivity index (χ0) is 17.8. The quantitative estimate of drug-likeness (QED) is 0.512. The van der Waals surface area contributed by atoms with Crippen LogP contribution >= 0.6 is 0 Å². The van der Waals surface area contributed by atoms with Gasteiger partial charge >= 0.3 is 0 Å². The maximum Gasteiger partial charge on any atom is 0.280 e. The summed E-state index contributed by atoms with van der Waals surface area (Å²) in [7, 11) is 0. The summed E-state index contributed by atoms with van der Waals surface area (Å²) >= 11 is 0. The standard InChI is InChI=1S/C17H13FN2O5/c18-13-4-1-11(2-5-13)9-19-17(21)6-3-12-7-15-16(25-10-24-15)8-14(12)20(22)23/h1-8H,9-10H2,(H,19,21). The van der Waals surface area contributed by atoms with Crippen molar-refractivity contribution in [2.24, 2.45) is 0 Å². The third-order valence-electron chi connectivity index (χ3n) is 3.51. The molecule has 0 atom stereocenters. The summed E-state index contributed by atoms with van der Waals surface area (Å²) in [5.41, 5.74) is 0.773. The van der Waals surface area contributed by atoms with Crippen molar-refractivity contribution in [1.82, 2.24) is 5.32 Å². The van der Waals surface area contributed by atoms with Crippen LogP contribution in [0.15, 0.2) is 42.5 Å². The Balaban J connectivity index is 1.69. The van der Waals surface area contributed by atoms with Gasteiger partial charge in [0, 0.05) is 12.6 Å². The van der Waals surface area contributed by atoms with Gasteiger partial charge in [-0.2, -0.15) is 0 Å². The average molecular weight is 344 g/mol. The fraction of sp³-hybridized carbons (Fsp3) is 0.118. The lowest BCUT2D eigenvalue weighted by molar-refractivity contribution is -0.385. The first-order chi connectivity index (χ1) is 12.0. The Morgan fingerprint density at radius 3 is 2.60 bits per heavy atom. The van der Waals surface area contributed by atoms with Crippen molar-refractivity contribution < 1.29 is 23.6 Å². The molecular weight excluding hydrogens is 331 g/mol. The molecule has 1 amide bonds. The number of benzene rings is 2. The van der Waals surface area contributed by atoms with Crippen LogP contribution in [0, 0.1) is 15.9 Å². The molecule has 0 fully saturated rings. The summed E-state index contributed by atoms with van der Waals surface area (Å²) < 4.78 is 23.1. The van der Waals surface area contributed by atoms with Crippen LogP contribution < -0.4 is 14.8 Å². The molecule has 1 N–H and O–H groups in total. The highest BCUT2D eigenvalue weighted by atomic mass is 19.1. The van der Waals surface area contributed by atoms with Gasteiger partial charge in [-0.25, -0.2) is 4.39 Å². The molecule has 0 radical (unpaired) electrons. The molecule has 0 saturated carbocycles. The second-order valence-corrected chi connectivity index (χ2v) is 5.20. The van der Waals surface area contributed by atoms with Crippen molar-refractivity contribution in [3.8, 4) is 11.5 Å². The third kappa shape index (κ3) is 3.92. The van der Waals surface area contributed by atoms with Crippen LogP contribution in [0.2, 0.25) is 0 Å². The number of nitro groups is 1. The minimum absolute atomic E-state index is 0.00217. The first-order valence-corrected chi connectivity index (χ1v) is 7.31. The topological polar surface area (TPSA) is 90.7 Å². The number of nitrogens with zero attached hydrogens (tertiary/aromatic N) is 1. The summed E-state index contributed by atoms with van der Waals surface area (Å²) in [6, 6.07) is 8.42. The van der Waals surface area contributed by atoms with Gasteiger partial charge in [-0.3, -0.25) is 14.9 Å². The molecule has 1 heterocycles. The van der Waals surface area contributed by atoms with Gasteiger partial charge in [0.1, 0.15) is 5.82 Å². The number of nitro benzene ring substituents is 1. The fourth-order valence-corrected chi connectivity index (χ4v) is 2.25. The second-order valence-electron chi connectivity index (χ2n) is 5.20. The van der Waals surface area contributed by atoms with Gasteiger partial charge in [0.2, 0.25) is 12.7 Å². The number of amides is 1. The van der Waals surface area contributed by atoms with Crippen molar-refractivity contribution in [3.05, 3.63) is 69.5 Å². The molecule has 0 unspecified atom stereocenters. The van der Waals surface area contributed by atoms with Gasteiger partial charge in [0.15, 0.2) is 11.5 Å². The van der Waals surface area contributed by atoms with Gasteiger partial charge in [0.05, 0.1) is 16.6 Å². The molecule has 0 saturated heterocycles. The van der Waals surface area contributed by atoms with Crippen LogP contribution in [0.5, 0.6) is 11.5 Å². The first-order valence-electron chi connectivity index (χ1n) is 7.31. The molecule has 7 nitrogen and oxygen atoms in total. The Morgan fingerprint density at radius 2 is 1.92 bits per heavy atom. The summed E-state index contributed by atoms with van der Waals surface area (Å²) in [5.74, 6) is -0.108. The predicted octanol–water partition coefficient (Wildman–Crippen LogP) is 2.79. The van der Waals surface area contributed by atoms with Gasteiger partial charge in [-0.1, -0.05) is 12.1 Å². The number of halogens is 1. The first kappa shape index (κ1) is 16.4. The molecule has 8 heteroatoms. The number of fused-ring (bicyclic) bond motifs is 1. The lowest BCUT2D eigenvalue weighted by Crippen LogP contribution is -2.20. The number of ether oxygens (including phenoxy) is 2. The van der Waals surface area contributed by atoms with Gasteiger partial charge in [-0.05, 0) is 29.8 Å². The van der Waals surface area contributed by atoms with Crippen molar-refractivity contribution in [2.45, 2.75) is 6.54 Å². The molecule has 0 bridgehead atoms. The molecular formula is C17H13FN2O5. The monoisotopic (exact) mass is 344 g/mol. The minimum atomic E-state index is -0.557. The molecule has 2 aromatic carbocycles. The van der Waals surface area contributed by atoms with Gasteiger partial charge in [0.25, 0.3) is 5.69 Å². The van der Waals surface area contributed by atoms with E-state index in [9.17, 15) is 19.3 Å². The van der Waals surface area contributed by atoms with Crippen LogP contribution in [0.3, 0.4) is 0 Å². The highest BCUT2D eigenvalue weighted by Gasteiger charge is 2.22. The molecule has 0 aliphatic carbocycles. The van der Waals surface area contributed by atoms with E-state index in [2.05, 4.69) is 5.32 Å². The maximum absolute atomic E-state index is 12.8. The zero-order valence-corrected chi connectivity index (χ0v) is 12.9. The van der Waals surface area contributed by atoms with E-state index < -0.39 is 10.8 Å². The number of rotatable bonds is 5. The largest absolute Gasteiger partial charge is 0.454 e. The van der Waals surface area contributed by atoms with Gasteiger partial charge < -0.3 is 14.8 Å². The van der Waals surface area contributed by atoms with E-state index in [0.717, 1.165) is 5.56 Å². The fourth-order valence-electron chi connectivity index (χ4n) is 2.25. The number of carbonyl (C=O) groups is 1. The van der Waals surface area contributed by atoms with E-state index in [1.165, 1.54) is 36.4 Å². The Labute approximate surface area is 141 Å². The molecule has 2 aromatic rings. The Hall–Kier alpha value is -3.42. The Kier molecular flexibility index (Phi) is 4.60. The van der Waals surface area contributed by atoms with Crippen molar-refractivity contribution in [2.75, 3.05) is 6.79 Å². The van der Waals surface area contributed by atoms with Crippen LogP contribution in [0.1, 0.15) is 11.1 Å². The molecule has 25 heavy (non-hydrogen) atoms. The highest BCUT2D eigenvalue weighted by Crippen LogP contribution is 2.38. The predicted molar refractivity (Wildman–Crippen MR) is 86.5 cm³/mol. The molecule has 3 rings (SSSR count).